The monoisotopic (exact) mass is 184 g/mol. The van der Waals surface area contributed by atoms with E-state index in [0.29, 0.717) is 6.04 Å². The zero-order valence-electron chi connectivity index (χ0n) is 9.51. The molecule has 2 nitrogen and oxygen atoms in total. The first-order chi connectivity index (χ1) is 6.13. The van der Waals surface area contributed by atoms with E-state index < -0.39 is 0 Å². The predicted octanol–water partition coefficient (Wildman–Crippen LogP) is 1.71. The van der Waals surface area contributed by atoms with Crippen molar-refractivity contribution in [3.63, 3.8) is 0 Å². The van der Waals surface area contributed by atoms with Gasteiger partial charge in [0, 0.05) is 18.6 Å². The Labute approximate surface area is 82.7 Å². The Morgan fingerprint density at radius 2 is 2.00 bits per heavy atom. The highest BCUT2D eigenvalue weighted by molar-refractivity contribution is 4.87. The molecule has 0 saturated heterocycles. The fourth-order valence-corrected chi connectivity index (χ4v) is 2.05. The van der Waals surface area contributed by atoms with Gasteiger partial charge >= 0.3 is 0 Å². The molecule has 2 atom stereocenters. The van der Waals surface area contributed by atoms with Crippen molar-refractivity contribution in [3.8, 4) is 0 Å². The first-order valence-corrected chi connectivity index (χ1v) is 5.54. The second-order valence-corrected chi connectivity index (χ2v) is 4.68. The van der Waals surface area contributed by atoms with Gasteiger partial charge in [-0.3, -0.25) is 0 Å². The van der Waals surface area contributed by atoms with Crippen LogP contribution in [0, 0.1) is 5.92 Å². The minimum absolute atomic E-state index is 0.626. The van der Waals surface area contributed by atoms with Gasteiger partial charge in [0.05, 0.1) is 0 Å². The summed E-state index contributed by atoms with van der Waals surface area (Å²) in [5.41, 5.74) is 0. The summed E-state index contributed by atoms with van der Waals surface area (Å²) in [5.74, 6) is 0.981. The summed E-state index contributed by atoms with van der Waals surface area (Å²) in [5, 5.41) is 3.72. The van der Waals surface area contributed by atoms with Gasteiger partial charge < -0.3 is 10.2 Å². The average molecular weight is 184 g/mol. The highest BCUT2D eigenvalue weighted by Gasteiger charge is 2.30. The van der Waals surface area contributed by atoms with Crippen LogP contribution in [0.1, 0.15) is 33.1 Å². The van der Waals surface area contributed by atoms with E-state index in [1.165, 1.54) is 19.3 Å². The van der Waals surface area contributed by atoms with Crippen molar-refractivity contribution in [1.82, 2.24) is 10.2 Å². The number of rotatable bonds is 6. The Hall–Kier alpha value is -0.0800. The molecule has 0 aliphatic heterocycles. The molecule has 2 unspecified atom stereocenters. The van der Waals surface area contributed by atoms with Crippen LogP contribution in [0.2, 0.25) is 0 Å². The van der Waals surface area contributed by atoms with Gasteiger partial charge in [0.2, 0.25) is 0 Å². The van der Waals surface area contributed by atoms with Crippen molar-refractivity contribution in [2.24, 2.45) is 5.92 Å². The van der Waals surface area contributed by atoms with Crippen LogP contribution in [0.5, 0.6) is 0 Å². The first-order valence-electron chi connectivity index (χ1n) is 5.54. The van der Waals surface area contributed by atoms with Crippen LogP contribution in [0.4, 0.5) is 0 Å². The molecule has 1 fully saturated rings. The van der Waals surface area contributed by atoms with Crippen molar-refractivity contribution >= 4 is 0 Å². The minimum atomic E-state index is 0.626. The standard InChI is InChI=1S/C11H24N2/c1-5-11(10-6-7-10)12-9(2)8-13(3)4/h9-12H,5-8H2,1-4H3. The number of hydrogen-bond donors (Lipinski definition) is 1. The van der Waals surface area contributed by atoms with E-state index in [0.717, 1.165) is 18.5 Å². The molecule has 0 spiro atoms. The van der Waals surface area contributed by atoms with Gasteiger partial charge in [-0.2, -0.15) is 0 Å². The number of nitrogens with zero attached hydrogens (tertiary/aromatic N) is 1. The normalized spacial score (nSPS) is 21.9. The maximum atomic E-state index is 3.72. The summed E-state index contributed by atoms with van der Waals surface area (Å²) in [6.45, 7) is 5.71. The van der Waals surface area contributed by atoms with Crippen LogP contribution < -0.4 is 5.32 Å². The molecule has 0 bridgehead atoms. The Morgan fingerprint density at radius 3 is 2.38 bits per heavy atom. The second-order valence-electron chi connectivity index (χ2n) is 4.68. The summed E-state index contributed by atoms with van der Waals surface area (Å²) in [6.07, 6.45) is 4.17. The summed E-state index contributed by atoms with van der Waals surface area (Å²) in [4.78, 5) is 2.25. The minimum Gasteiger partial charge on any atom is -0.310 e. The SMILES string of the molecule is CCC(NC(C)CN(C)C)C1CC1. The van der Waals surface area contributed by atoms with Crippen LogP contribution in [-0.4, -0.2) is 37.6 Å². The van der Waals surface area contributed by atoms with E-state index in [9.17, 15) is 0 Å². The third-order valence-electron chi connectivity index (χ3n) is 2.77. The molecule has 0 heterocycles. The zero-order valence-corrected chi connectivity index (χ0v) is 9.51. The van der Waals surface area contributed by atoms with Crippen LogP contribution in [0.3, 0.4) is 0 Å². The lowest BCUT2D eigenvalue weighted by Gasteiger charge is -2.24. The highest BCUT2D eigenvalue weighted by atomic mass is 15.1. The molecule has 0 radical (unpaired) electrons. The molecular formula is C11H24N2. The van der Waals surface area contributed by atoms with Crippen molar-refractivity contribution in [2.45, 2.75) is 45.2 Å². The number of hydrogen-bond acceptors (Lipinski definition) is 2. The average Bonchev–Trinajstić information content (AvgIpc) is 2.81. The second kappa shape index (κ2) is 4.97. The molecule has 1 N–H and O–H groups in total. The molecule has 0 amide bonds. The Balaban J connectivity index is 2.19. The number of nitrogens with one attached hydrogen (secondary N) is 1. The topological polar surface area (TPSA) is 15.3 Å². The summed E-state index contributed by atoms with van der Waals surface area (Å²) >= 11 is 0. The highest BCUT2D eigenvalue weighted by Crippen LogP contribution is 2.34. The maximum absolute atomic E-state index is 3.72. The molecule has 2 heteroatoms. The van der Waals surface area contributed by atoms with Gasteiger partial charge in [-0.1, -0.05) is 6.92 Å². The third kappa shape index (κ3) is 4.10. The zero-order chi connectivity index (χ0) is 9.84. The van der Waals surface area contributed by atoms with Gasteiger partial charge in [0.15, 0.2) is 0 Å². The van der Waals surface area contributed by atoms with E-state index >= 15 is 0 Å². The van der Waals surface area contributed by atoms with E-state index in [4.69, 9.17) is 0 Å². The van der Waals surface area contributed by atoms with Crippen LogP contribution >= 0.6 is 0 Å². The van der Waals surface area contributed by atoms with Gasteiger partial charge in [-0.15, -0.1) is 0 Å². The maximum Gasteiger partial charge on any atom is 0.0169 e. The lowest BCUT2D eigenvalue weighted by Crippen LogP contribution is -2.42. The molecule has 0 aromatic heterocycles. The molecule has 78 valence electrons. The van der Waals surface area contributed by atoms with Gasteiger partial charge in [-0.25, -0.2) is 0 Å². The summed E-state index contributed by atoms with van der Waals surface area (Å²) in [6, 6.07) is 1.40. The van der Waals surface area contributed by atoms with E-state index in [-0.39, 0.29) is 0 Å². The van der Waals surface area contributed by atoms with Gasteiger partial charge in [0.1, 0.15) is 0 Å². The fourth-order valence-electron chi connectivity index (χ4n) is 2.05. The molecule has 1 aliphatic rings. The van der Waals surface area contributed by atoms with E-state index in [1.54, 1.807) is 0 Å². The van der Waals surface area contributed by atoms with Crippen LogP contribution in [0.25, 0.3) is 0 Å². The van der Waals surface area contributed by atoms with Crippen LogP contribution in [0.15, 0.2) is 0 Å². The Morgan fingerprint density at radius 1 is 1.38 bits per heavy atom. The van der Waals surface area contributed by atoms with Crippen LogP contribution in [-0.2, 0) is 0 Å². The molecule has 13 heavy (non-hydrogen) atoms. The Bertz CT molecular complexity index is 141. The van der Waals surface area contributed by atoms with Crippen molar-refractivity contribution in [1.29, 1.82) is 0 Å². The molecule has 1 rings (SSSR count). The smallest absolute Gasteiger partial charge is 0.0169 e. The quantitative estimate of drug-likeness (QED) is 0.676. The first kappa shape index (κ1) is 11.0. The fraction of sp³-hybridized carbons (Fsp3) is 1.00. The largest absolute Gasteiger partial charge is 0.310 e. The molecule has 1 aliphatic carbocycles. The molecule has 0 aromatic carbocycles. The summed E-state index contributed by atoms with van der Waals surface area (Å²) < 4.78 is 0. The third-order valence-corrected chi connectivity index (χ3v) is 2.77. The van der Waals surface area contributed by atoms with Crippen molar-refractivity contribution < 1.29 is 0 Å². The van der Waals surface area contributed by atoms with Crippen molar-refractivity contribution in [2.75, 3.05) is 20.6 Å². The van der Waals surface area contributed by atoms with Crippen molar-refractivity contribution in [3.05, 3.63) is 0 Å². The molecular weight excluding hydrogens is 160 g/mol. The summed E-state index contributed by atoms with van der Waals surface area (Å²) in [7, 11) is 4.27. The molecule has 1 saturated carbocycles. The Kier molecular flexibility index (Phi) is 4.20. The predicted molar refractivity (Wildman–Crippen MR) is 58.0 cm³/mol. The lowest BCUT2D eigenvalue weighted by atomic mass is 10.1. The lowest BCUT2D eigenvalue weighted by molar-refractivity contribution is 0.313. The number of likely N-dealkylation sites (N-methyl/N-ethyl adjacent to an activating group) is 1. The molecule has 0 aromatic rings. The van der Waals surface area contributed by atoms with Gasteiger partial charge in [0.25, 0.3) is 0 Å². The van der Waals surface area contributed by atoms with E-state index in [2.05, 4.69) is 38.2 Å². The van der Waals surface area contributed by atoms with Gasteiger partial charge in [-0.05, 0) is 46.2 Å². The van der Waals surface area contributed by atoms with E-state index in [1.807, 2.05) is 0 Å².